The van der Waals surface area contributed by atoms with E-state index in [0.29, 0.717) is 18.2 Å². The second-order valence-electron chi connectivity index (χ2n) is 8.51. The van der Waals surface area contributed by atoms with Crippen LogP contribution in [0.1, 0.15) is 66.9 Å². The molecule has 2 heterocycles. The van der Waals surface area contributed by atoms with Crippen LogP contribution in [-0.2, 0) is 11.3 Å². The highest BCUT2D eigenvalue weighted by Crippen LogP contribution is 2.31. The molecule has 1 N–H and O–H groups in total. The first-order chi connectivity index (χ1) is 14.8. The van der Waals surface area contributed by atoms with Crippen LogP contribution < -0.4 is 5.32 Å². The molecule has 0 saturated heterocycles. The Morgan fingerprint density at radius 3 is 2.73 bits per heavy atom. The Morgan fingerprint density at radius 2 is 1.90 bits per heavy atom. The van der Waals surface area contributed by atoms with E-state index >= 15 is 0 Å². The zero-order valence-electron chi connectivity index (χ0n) is 17.2. The maximum absolute atomic E-state index is 12.9. The Labute approximate surface area is 176 Å². The number of ether oxygens (including phenoxy) is 1. The normalized spacial score (nSPS) is 22.0. The summed E-state index contributed by atoms with van der Waals surface area (Å²) in [6.45, 7) is 0.575. The average molecular weight is 405 g/mol. The summed E-state index contributed by atoms with van der Waals surface area (Å²) in [5.74, 6) is -0.0850. The van der Waals surface area contributed by atoms with Gasteiger partial charge in [0.2, 0.25) is 0 Å². The van der Waals surface area contributed by atoms with Gasteiger partial charge in [-0.2, -0.15) is 5.10 Å². The van der Waals surface area contributed by atoms with E-state index in [1.165, 1.54) is 12.8 Å². The highest BCUT2D eigenvalue weighted by molar-refractivity contribution is 5.97. The number of hydrogen-bond acceptors (Lipinski definition) is 4. The molecule has 0 radical (unpaired) electrons. The molecule has 0 bridgehead atoms. The monoisotopic (exact) mass is 404 g/mol. The Bertz CT molecular complexity index is 1010. The number of hydrogen-bond donors (Lipinski definition) is 1. The fraction of sp³-hybridized carbons (Fsp3) is 0.458. The van der Waals surface area contributed by atoms with E-state index in [0.717, 1.165) is 48.7 Å². The number of nitrogens with zero attached hydrogens (tertiary/aromatic N) is 3. The van der Waals surface area contributed by atoms with Gasteiger partial charge in [-0.3, -0.25) is 4.79 Å². The summed E-state index contributed by atoms with van der Waals surface area (Å²) in [5.41, 5.74) is 2.62. The molecular weight excluding hydrogens is 376 g/mol. The van der Waals surface area contributed by atoms with Crippen molar-refractivity contribution in [1.82, 2.24) is 20.1 Å². The van der Waals surface area contributed by atoms with Crippen molar-refractivity contribution < 1.29 is 9.53 Å². The summed E-state index contributed by atoms with van der Waals surface area (Å²) in [7, 11) is 0. The zero-order valence-corrected chi connectivity index (χ0v) is 17.2. The standard InChI is InChI=1S/C24H28N4O2/c29-24(27-21-11-6-12-22(21)30-16-17-7-2-1-3-8-17)19-13-18-15-26-28(23(18)25-14-19)20-9-4-5-10-20/h1-3,7-8,13-15,20-22H,4-6,9-12,16H2,(H,27,29). The second-order valence-corrected chi connectivity index (χ2v) is 8.51. The lowest BCUT2D eigenvalue weighted by atomic mass is 10.1. The minimum absolute atomic E-state index is 0.0399. The van der Waals surface area contributed by atoms with Gasteiger partial charge in [0.1, 0.15) is 0 Å². The number of amides is 1. The van der Waals surface area contributed by atoms with E-state index in [9.17, 15) is 4.79 Å². The van der Waals surface area contributed by atoms with Crippen molar-refractivity contribution >= 4 is 16.9 Å². The second kappa shape index (κ2) is 8.56. The minimum Gasteiger partial charge on any atom is -0.371 e. The van der Waals surface area contributed by atoms with Crippen LogP contribution in [0.4, 0.5) is 0 Å². The molecule has 2 atom stereocenters. The van der Waals surface area contributed by atoms with Gasteiger partial charge in [-0.25, -0.2) is 9.67 Å². The number of carbonyl (C=O) groups is 1. The maximum atomic E-state index is 12.9. The molecule has 2 fully saturated rings. The molecule has 6 nitrogen and oxygen atoms in total. The molecular formula is C24H28N4O2. The quantitative estimate of drug-likeness (QED) is 0.661. The molecule has 3 aromatic rings. The lowest BCUT2D eigenvalue weighted by molar-refractivity contribution is 0.0272. The smallest absolute Gasteiger partial charge is 0.253 e. The Kier molecular flexibility index (Phi) is 5.49. The molecule has 2 saturated carbocycles. The highest BCUT2D eigenvalue weighted by Gasteiger charge is 2.30. The third kappa shape index (κ3) is 3.97. The van der Waals surface area contributed by atoms with Crippen molar-refractivity contribution in [3.05, 3.63) is 59.9 Å². The van der Waals surface area contributed by atoms with Crippen molar-refractivity contribution in [2.75, 3.05) is 0 Å². The van der Waals surface area contributed by atoms with Gasteiger partial charge in [-0.15, -0.1) is 0 Å². The number of pyridine rings is 1. The van der Waals surface area contributed by atoms with E-state index in [4.69, 9.17) is 4.74 Å². The van der Waals surface area contributed by atoms with Crippen molar-refractivity contribution in [2.45, 2.75) is 69.7 Å². The number of rotatable bonds is 6. The molecule has 1 amide bonds. The number of benzene rings is 1. The predicted octanol–water partition coefficient (Wildman–Crippen LogP) is 4.41. The third-order valence-electron chi connectivity index (χ3n) is 6.44. The first-order valence-electron chi connectivity index (χ1n) is 11.1. The summed E-state index contributed by atoms with van der Waals surface area (Å²) in [6.07, 6.45) is 11.4. The molecule has 1 aromatic carbocycles. The van der Waals surface area contributed by atoms with E-state index in [1.54, 1.807) is 6.20 Å². The van der Waals surface area contributed by atoms with Gasteiger partial charge in [0, 0.05) is 11.6 Å². The van der Waals surface area contributed by atoms with Gasteiger partial charge in [0.25, 0.3) is 5.91 Å². The number of nitrogens with one attached hydrogen (secondary N) is 1. The molecule has 0 aliphatic heterocycles. The van der Waals surface area contributed by atoms with Crippen LogP contribution in [0.3, 0.4) is 0 Å². The molecule has 0 spiro atoms. The van der Waals surface area contributed by atoms with E-state index in [-0.39, 0.29) is 18.1 Å². The average Bonchev–Trinajstić information content (AvgIpc) is 3.53. The molecule has 30 heavy (non-hydrogen) atoms. The van der Waals surface area contributed by atoms with E-state index in [1.807, 2.05) is 35.1 Å². The fourth-order valence-corrected chi connectivity index (χ4v) is 4.80. The summed E-state index contributed by atoms with van der Waals surface area (Å²) in [6, 6.07) is 12.6. The van der Waals surface area contributed by atoms with Crippen LogP contribution in [0.25, 0.3) is 11.0 Å². The minimum atomic E-state index is -0.0850. The highest BCUT2D eigenvalue weighted by atomic mass is 16.5. The molecule has 2 aliphatic rings. The van der Waals surface area contributed by atoms with Gasteiger partial charge in [-0.1, -0.05) is 43.2 Å². The number of carbonyl (C=O) groups excluding carboxylic acids is 1. The molecule has 156 valence electrons. The number of aromatic nitrogens is 3. The fourth-order valence-electron chi connectivity index (χ4n) is 4.80. The predicted molar refractivity (Wildman–Crippen MR) is 115 cm³/mol. The summed E-state index contributed by atoms with van der Waals surface area (Å²) in [5, 5.41) is 8.65. The Balaban J connectivity index is 1.24. The molecule has 6 heteroatoms. The Morgan fingerprint density at radius 1 is 1.07 bits per heavy atom. The van der Waals surface area contributed by atoms with E-state index in [2.05, 4.69) is 27.5 Å². The van der Waals surface area contributed by atoms with Crippen LogP contribution in [0, 0.1) is 0 Å². The number of fused-ring (bicyclic) bond motifs is 1. The van der Waals surface area contributed by atoms with Gasteiger partial charge in [0.15, 0.2) is 5.65 Å². The zero-order chi connectivity index (χ0) is 20.3. The maximum Gasteiger partial charge on any atom is 0.253 e. The Hall–Kier alpha value is -2.73. The SMILES string of the molecule is O=C(NC1CCCC1OCc1ccccc1)c1cnc2c(cnn2C2CCCC2)c1. The molecule has 5 rings (SSSR count). The van der Waals surface area contributed by atoms with Crippen molar-refractivity contribution in [3.63, 3.8) is 0 Å². The largest absolute Gasteiger partial charge is 0.371 e. The first kappa shape index (κ1) is 19.2. The van der Waals surface area contributed by atoms with Gasteiger partial charge in [0.05, 0.1) is 36.6 Å². The van der Waals surface area contributed by atoms with Crippen molar-refractivity contribution in [2.24, 2.45) is 0 Å². The lowest BCUT2D eigenvalue weighted by Crippen LogP contribution is -2.41. The van der Waals surface area contributed by atoms with Crippen LogP contribution in [-0.4, -0.2) is 32.8 Å². The van der Waals surface area contributed by atoms with Crippen LogP contribution in [0.2, 0.25) is 0 Å². The van der Waals surface area contributed by atoms with Crippen LogP contribution >= 0.6 is 0 Å². The topological polar surface area (TPSA) is 69.0 Å². The van der Waals surface area contributed by atoms with Crippen LogP contribution in [0.15, 0.2) is 48.8 Å². The van der Waals surface area contributed by atoms with E-state index < -0.39 is 0 Å². The third-order valence-corrected chi connectivity index (χ3v) is 6.44. The lowest BCUT2D eigenvalue weighted by Gasteiger charge is -2.21. The van der Waals surface area contributed by atoms with Crippen molar-refractivity contribution in [1.29, 1.82) is 0 Å². The van der Waals surface area contributed by atoms with Gasteiger partial charge < -0.3 is 10.1 Å². The summed E-state index contributed by atoms with van der Waals surface area (Å²) < 4.78 is 8.16. The first-order valence-corrected chi connectivity index (χ1v) is 11.1. The van der Waals surface area contributed by atoms with Gasteiger partial charge in [-0.05, 0) is 43.7 Å². The molecule has 2 unspecified atom stereocenters. The molecule has 2 aliphatic carbocycles. The molecule has 2 aromatic heterocycles. The summed E-state index contributed by atoms with van der Waals surface area (Å²) >= 11 is 0. The van der Waals surface area contributed by atoms with Crippen LogP contribution in [0.5, 0.6) is 0 Å². The summed E-state index contributed by atoms with van der Waals surface area (Å²) in [4.78, 5) is 17.5. The van der Waals surface area contributed by atoms with Gasteiger partial charge >= 0.3 is 0 Å². The van der Waals surface area contributed by atoms with Crippen molar-refractivity contribution in [3.8, 4) is 0 Å².